The largest absolute Gasteiger partial charge is 0.495 e. The predicted octanol–water partition coefficient (Wildman–Crippen LogP) is 5.44. The van der Waals surface area contributed by atoms with E-state index in [1.54, 1.807) is 6.07 Å². The smallest absolute Gasteiger partial charge is 0.232 e. The van der Waals surface area contributed by atoms with E-state index in [0.717, 1.165) is 22.6 Å². The van der Waals surface area contributed by atoms with Gasteiger partial charge in [-0.1, -0.05) is 29.8 Å². The highest BCUT2D eigenvalue weighted by Gasteiger charge is 2.23. The van der Waals surface area contributed by atoms with Crippen LogP contribution in [-0.4, -0.2) is 41.3 Å². The molecule has 0 fully saturated rings. The molecule has 4 rings (SSSR count). The number of nitrogens with zero attached hydrogens (tertiary/aromatic N) is 1. The number of sulfonamides is 1. The molecule has 0 aliphatic carbocycles. The van der Waals surface area contributed by atoms with Crippen molar-refractivity contribution in [1.29, 1.82) is 0 Å². The summed E-state index contributed by atoms with van der Waals surface area (Å²) in [5, 5.41) is 5.12. The van der Waals surface area contributed by atoms with Crippen LogP contribution in [0.15, 0.2) is 59.0 Å². The molecule has 4 aromatic rings. The molecular formula is C25H25ClN2O6S. The van der Waals surface area contributed by atoms with Gasteiger partial charge >= 0.3 is 0 Å². The Morgan fingerprint density at radius 1 is 1.00 bits per heavy atom. The van der Waals surface area contributed by atoms with Gasteiger partial charge in [-0.25, -0.2) is 8.42 Å². The van der Waals surface area contributed by atoms with E-state index in [9.17, 15) is 13.2 Å². The Morgan fingerprint density at radius 3 is 2.43 bits per heavy atom. The van der Waals surface area contributed by atoms with Gasteiger partial charge in [-0.05, 0) is 24.6 Å². The number of anilines is 2. The third-order valence-electron chi connectivity index (χ3n) is 5.55. The van der Waals surface area contributed by atoms with E-state index in [1.165, 1.54) is 30.7 Å². The van der Waals surface area contributed by atoms with Crippen molar-refractivity contribution in [2.75, 3.05) is 36.6 Å². The van der Waals surface area contributed by atoms with Gasteiger partial charge in [-0.2, -0.15) is 0 Å². The molecular weight excluding hydrogens is 492 g/mol. The second-order valence-corrected chi connectivity index (χ2v) is 10.3. The van der Waals surface area contributed by atoms with Crippen LogP contribution in [0, 0.1) is 0 Å². The van der Waals surface area contributed by atoms with Gasteiger partial charge in [-0.15, -0.1) is 0 Å². The van der Waals surface area contributed by atoms with Crippen molar-refractivity contribution in [1.82, 2.24) is 0 Å². The van der Waals surface area contributed by atoms with E-state index in [2.05, 4.69) is 5.32 Å². The van der Waals surface area contributed by atoms with Crippen LogP contribution in [-0.2, 0) is 14.8 Å². The lowest BCUT2D eigenvalue weighted by Gasteiger charge is -2.25. The summed E-state index contributed by atoms with van der Waals surface area (Å²) in [5.41, 5.74) is 2.34. The number of methoxy groups -OCH3 is 2. The summed E-state index contributed by atoms with van der Waals surface area (Å²) in [6.45, 7) is 0.0655. The maximum atomic E-state index is 12.6. The molecule has 35 heavy (non-hydrogen) atoms. The number of halogens is 1. The van der Waals surface area contributed by atoms with Gasteiger partial charge < -0.3 is 19.2 Å². The fourth-order valence-corrected chi connectivity index (χ4v) is 5.11. The molecule has 1 N–H and O–H groups in total. The van der Waals surface area contributed by atoms with Crippen LogP contribution < -0.4 is 19.1 Å². The van der Waals surface area contributed by atoms with Crippen molar-refractivity contribution < 1.29 is 27.1 Å². The minimum Gasteiger partial charge on any atom is -0.495 e. The number of fused-ring (bicyclic) bond motifs is 3. The molecule has 0 spiro atoms. The van der Waals surface area contributed by atoms with E-state index in [4.69, 9.17) is 25.5 Å². The van der Waals surface area contributed by atoms with Gasteiger partial charge in [0.25, 0.3) is 0 Å². The Labute approximate surface area is 208 Å². The molecule has 3 aromatic carbocycles. The summed E-state index contributed by atoms with van der Waals surface area (Å²) in [5.74, 6) is 0.356. The summed E-state index contributed by atoms with van der Waals surface area (Å²) in [4.78, 5) is 12.6. The maximum absolute atomic E-state index is 12.6. The van der Waals surface area contributed by atoms with E-state index in [0.29, 0.717) is 22.0 Å². The quantitative estimate of drug-likeness (QED) is 0.318. The average molecular weight is 517 g/mol. The third kappa shape index (κ3) is 5.31. The van der Waals surface area contributed by atoms with Crippen LogP contribution in [0.4, 0.5) is 11.4 Å². The van der Waals surface area contributed by atoms with Crippen LogP contribution in [0.5, 0.6) is 11.5 Å². The molecule has 0 unspecified atom stereocenters. The molecule has 1 amide bonds. The minimum absolute atomic E-state index is 0.0655. The van der Waals surface area contributed by atoms with Crippen LogP contribution in [0.25, 0.3) is 21.9 Å². The Hall–Kier alpha value is -3.43. The van der Waals surface area contributed by atoms with Gasteiger partial charge in [0, 0.05) is 47.6 Å². The van der Waals surface area contributed by atoms with Crippen molar-refractivity contribution >= 4 is 60.8 Å². The number of hydrogen-bond acceptors (Lipinski definition) is 6. The molecule has 1 heterocycles. The molecule has 184 valence electrons. The number of benzene rings is 3. The number of para-hydroxylation sites is 1. The van der Waals surface area contributed by atoms with E-state index >= 15 is 0 Å². The maximum Gasteiger partial charge on any atom is 0.232 e. The van der Waals surface area contributed by atoms with Crippen LogP contribution in [0.3, 0.4) is 0 Å². The van der Waals surface area contributed by atoms with Gasteiger partial charge in [0.2, 0.25) is 15.9 Å². The minimum atomic E-state index is -3.67. The predicted molar refractivity (Wildman–Crippen MR) is 138 cm³/mol. The fourth-order valence-electron chi connectivity index (χ4n) is 3.91. The number of nitrogens with one attached hydrogen (secondary N) is 1. The first kappa shape index (κ1) is 24.7. The number of carbonyl (C=O) groups excluding carboxylic acids is 1. The van der Waals surface area contributed by atoms with Crippen molar-refractivity contribution in [3.8, 4) is 11.5 Å². The number of hydrogen-bond donors (Lipinski definition) is 1. The van der Waals surface area contributed by atoms with Gasteiger partial charge in [-0.3, -0.25) is 9.10 Å². The van der Waals surface area contributed by atoms with E-state index < -0.39 is 10.0 Å². The highest BCUT2D eigenvalue weighted by atomic mass is 35.5. The van der Waals surface area contributed by atoms with Crippen LogP contribution in [0.2, 0.25) is 5.02 Å². The first-order valence-corrected chi connectivity index (χ1v) is 13.0. The van der Waals surface area contributed by atoms with E-state index in [-0.39, 0.29) is 36.7 Å². The molecule has 0 aliphatic heterocycles. The summed E-state index contributed by atoms with van der Waals surface area (Å²) in [7, 11) is -0.807. The van der Waals surface area contributed by atoms with Gasteiger partial charge in [0.15, 0.2) is 0 Å². The molecule has 0 saturated carbocycles. The zero-order valence-corrected chi connectivity index (χ0v) is 21.1. The zero-order valence-electron chi connectivity index (χ0n) is 19.5. The fraction of sp³-hybridized carbons (Fsp3) is 0.240. The van der Waals surface area contributed by atoms with Crippen LogP contribution >= 0.6 is 11.6 Å². The van der Waals surface area contributed by atoms with Gasteiger partial charge in [0.05, 0.1) is 31.2 Å². The molecule has 0 aliphatic rings. The normalized spacial score (nSPS) is 11.5. The number of amides is 1. The topological polar surface area (TPSA) is 98.1 Å². The van der Waals surface area contributed by atoms with Crippen molar-refractivity contribution in [3.05, 3.63) is 59.6 Å². The highest BCUT2D eigenvalue weighted by Crippen LogP contribution is 2.39. The monoisotopic (exact) mass is 516 g/mol. The van der Waals surface area contributed by atoms with Crippen molar-refractivity contribution in [3.63, 3.8) is 0 Å². The standard InChI is InChI=1S/C25H25ClN2O6S/c1-32-23-15-20(24(33-2)14-19(23)26)28(35(3,30)31)12-6-9-25(29)27-16-10-11-18-17-7-4-5-8-21(17)34-22(18)13-16/h4-5,7-8,10-11,13-15H,6,9,12H2,1-3H3,(H,27,29). The lowest BCUT2D eigenvalue weighted by atomic mass is 10.1. The first-order valence-electron chi connectivity index (χ1n) is 10.8. The van der Waals surface area contributed by atoms with E-state index in [1.807, 2.05) is 36.4 Å². The first-order chi connectivity index (χ1) is 16.7. The molecule has 0 bridgehead atoms. The molecule has 10 heteroatoms. The van der Waals surface area contributed by atoms with Crippen LogP contribution in [0.1, 0.15) is 12.8 Å². The second kappa shape index (κ2) is 10.1. The molecule has 0 atom stereocenters. The van der Waals surface area contributed by atoms with Crippen molar-refractivity contribution in [2.24, 2.45) is 0 Å². The molecule has 0 radical (unpaired) electrons. The number of ether oxygens (including phenoxy) is 2. The molecule has 8 nitrogen and oxygen atoms in total. The molecule has 0 saturated heterocycles. The highest BCUT2D eigenvalue weighted by molar-refractivity contribution is 7.92. The summed E-state index contributed by atoms with van der Waals surface area (Å²) in [6.07, 6.45) is 1.48. The summed E-state index contributed by atoms with van der Waals surface area (Å²) < 4.78 is 42.7. The molecule has 1 aromatic heterocycles. The van der Waals surface area contributed by atoms with Crippen molar-refractivity contribution in [2.45, 2.75) is 12.8 Å². The summed E-state index contributed by atoms with van der Waals surface area (Å²) in [6, 6.07) is 16.2. The lowest BCUT2D eigenvalue weighted by molar-refractivity contribution is -0.116. The second-order valence-electron chi connectivity index (χ2n) is 7.95. The Bertz CT molecular complexity index is 1500. The third-order valence-corrected chi connectivity index (χ3v) is 7.03. The van der Waals surface area contributed by atoms with Gasteiger partial charge in [0.1, 0.15) is 22.7 Å². The summed E-state index contributed by atoms with van der Waals surface area (Å²) >= 11 is 6.15. The average Bonchev–Trinajstić information content (AvgIpc) is 3.19. The number of furan rings is 1. The Kier molecular flexibility index (Phi) is 7.09. The lowest BCUT2D eigenvalue weighted by Crippen LogP contribution is -2.32. The Morgan fingerprint density at radius 2 is 1.71 bits per heavy atom. The Balaban J connectivity index is 1.46. The zero-order chi connectivity index (χ0) is 25.2. The SMILES string of the molecule is COc1cc(N(CCCC(=O)Nc2ccc3c(c2)oc2ccccc23)S(C)(=O)=O)c(OC)cc1Cl. The number of rotatable bonds is 9. The number of carbonyl (C=O) groups is 1.